The molecule has 1 saturated carbocycles. The summed E-state index contributed by atoms with van der Waals surface area (Å²) in [4.78, 5) is 43.9. The highest BCUT2D eigenvalue weighted by molar-refractivity contribution is 5.98. The number of piperazine rings is 1. The molecule has 1 aromatic rings. The van der Waals surface area contributed by atoms with Crippen molar-refractivity contribution in [2.45, 2.75) is 46.0 Å². The van der Waals surface area contributed by atoms with Crippen molar-refractivity contribution in [3.05, 3.63) is 35.4 Å². The Bertz CT molecular complexity index is 815. The van der Waals surface area contributed by atoms with E-state index in [1.165, 1.54) is 5.56 Å². The van der Waals surface area contributed by atoms with Crippen LogP contribution in [0.15, 0.2) is 24.3 Å². The molecule has 4 rings (SSSR count). The molecule has 0 bridgehead atoms. The number of likely N-dealkylation sites (tertiary alicyclic amines) is 1. The number of piperidine rings is 1. The van der Waals surface area contributed by atoms with Crippen molar-refractivity contribution in [1.82, 2.24) is 14.7 Å². The molecule has 0 spiro atoms. The van der Waals surface area contributed by atoms with Gasteiger partial charge in [-0.15, -0.1) is 0 Å². The van der Waals surface area contributed by atoms with E-state index in [9.17, 15) is 14.4 Å². The average Bonchev–Trinajstić information content (AvgIpc) is 3.64. The number of hydrogen-bond acceptors (Lipinski definition) is 4. The smallest absolute Gasteiger partial charge is 0.236 e. The van der Waals surface area contributed by atoms with Crippen LogP contribution < -0.4 is 0 Å². The minimum absolute atomic E-state index is 0.0503. The van der Waals surface area contributed by atoms with Gasteiger partial charge in [0.1, 0.15) is 0 Å². The number of carbonyl (C=O) groups excluding carboxylic acids is 3. The molecule has 6 nitrogen and oxygen atoms in total. The third-order valence-electron chi connectivity index (χ3n) is 7.07. The minimum atomic E-state index is 0.0503. The lowest BCUT2D eigenvalue weighted by atomic mass is 9.88. The molecule has 0 unspecified atom stereocenters. The molecular formula is C26H37N3O3. The van der Waals surface area contributed by atoms with E-state index in [0.29, 0.717) is 38.6 Å². The first-order valence-corrected chi connectivity index (χ1v) is 12.3. The van der Waals surface area contributed by atoms with Crippen LogP contribution in [-0.2, 0) is 16.0 Å². The van der Waals surface area contributed by atoms with E-state index in [-0.39, 0.29) is 29.4 Å². The van der Waals surface area contributed by atoms with Crippen LogP contribution in [0.25, 0.3) is 0 Å². The molecule has 2 amide bonds. The Balaban J connectivity index is 1.19. The van der Waals surface area contributed by atoms with Crippen LogP contribution in [0.4, 0.5) is 0 Å². The monoisotopic (exact) mass is 439 g/mol. The molecule has 2 heterocycles. The van der Waals surface area contributed by atoms with Crippen LogP contribution in [-0.4, -0.2) is 78.1 Å². The Morgan fingerprint density at radius 1 is 0.812 bits per heavy atom. The van der Waals surface area contributed by atoms with Gasteiger partial charge in [-0.05, 0) is 56.7 Å². The highest BCUT2D eigenvalue weighted by atomic mass is 16.2. The number of benzene rings is 1. The molecule has 1 aromatic carbocycles. The predicted molar refractivity (Wildman–Crippen MR) is 124 cm³/mol. The molecule has 1 aliphatic carbocycles. The van der Waals surface area contributed by atoms with Gasteiger partial charge in [-0.25, -0.2) is 0 Å². The molecule has 0 aromatic heterocycles. The van der Waals surface area contributed by atoms with Crippen molar-refractivity contribution >= 4 is 17.6 Å². The second-order valence-corrected chi connectivity index (χ2v) is 10.2. The van der Waals surface area contributed by atoms with Crippen LogP contribution >= 0.6 is 0 Å². The molecule has 0 atom stereocenters. The fraction of sp³-hybridized carbons (Fsp3) is 0.654. The third kappa shape index (κ3) is 5.77. The van der Waals surface area contributed by atoms with Gasteiger partial charge in [-0.2, -0.15) is 0 Å². The number of nitrogens with zero attached hydrogens (tertiary/aromatic N) is 3. The molecule has 0 radical (unpaired) electrons. The lowest BCUT2D eigenvalue weighted by Crippen LogP contribution is -2.53. The lowest BCUT2D eigenvalue weighted by Gasteiger charge is -2.37. The SMILES string of the molecule is CC(C)Cc1ccc(C(=O)C2CCN(CC(=O)N3CCN(C(=O)C4CC4)CC3)CC2)cc1. The minimum Gasteiger partial charge on any atom is -0.339 e. The first-order valence-electron chi connectivity index (χ1n) is 12.3. The standard InChI is InChI=1S/C26H37N3O3/c1-19(2)17-20-3-5-21(6-4-20)25(31)22-9-11-27(12-10-22)18-24(30)28-13-15-29(16-14-28)26(32)23-7-8-23/h3-6,19,22-23H,7-18H2,1-2H3. The van der Waals surface area contributed by atoms with Gasteiger partial charge in [0.2, 0.25) is 11.8 Å². The topological polar surface area (TPSA) is 60.9 Å². The second-order valence-electron chi connectivity index (χ2n) is 10.2. The van der Waals surface area contributed by atoms with Gasteiger partial charge in [0, 0.05) is 43.6 Å². The molecule has 2 saturated heterocycles. The summed E-state index contributed by atoms with van der Waals surface area (Å²) in [6, 6.07) is 8.12. The molecule has 6 heteroatoms. The Morgan fingerprint density at radius 3 is 1.97 bits per heavy atom. The maximum atomic E-state index is 12.9. The maximum Gasteiger partial charge on any atom is 0.236 e. The number of hydrogen-bond donors (Lipinski definition) is 0. The van der Waals surface area contributed by atoms with Gasteiger partial charge in [-0.3, -0.25) is 19.3 Å². The van der Waals surface area contributed by atoms with Gasteiger partial charge in [0.05, 0.1) is 6.54 Å². The average molecular weight is 440 g/mol. The lowest BCUT2D eigenvalue weighted by molar-refractivity contribution is -0.141. The summed E-state index contributed by atoms with van der Waals surface area (Å²) in [5, 5.41) is 0. The Labute approximate surface area is 191 Å². The Morgan fingerprint density at radius 2 is 1.41 bits per heavy atom. The fourth-order valence-electron chi connectivity index (χ4n) is 4.92. The molecule has 32 heavy (non-hydrogen) atoms. The molecule has 3 fully saturated rings. The van der Waals surface area contributed by atoms with Gasteiger partial charge in [0.25, 0.3) is 0 Å². The van der Waals surface area contributed by atoms with Crippen LogP contribution in [0.3, 0.4) is 0 Å². The largest absolute Gasteiger partial charge is 0.339 e. The van der Waals surface area contributed by atoms with Crippen LogP contribution in [0, 0.1) is 17.8 Å². The Hall–Kier alpha value is -2.21. The maximum absolute atomic E-state index is 12.9. The van der Waals surface area contributed by atoms with E-state index in [2.05, 4.69) is 30.9 Å². The summed E-state index contributed by atoms with van der Waals surface area (Å²) < 4.78 is 0. The first kappa shape index (κ1) is 23.0. The summed E-state index contributed by atoms with van der Waals surface area (Å²) >= 11 is 0. The molecule has 3 aliphatic rings. The summed E-state index contributed by atoms with van der Waals surface area (Å²) in [6.07, 6.45) is 4.71. The van der Waals surface area contributed by atoms with Gasteiger partial charge in [0.15, 0.2) is 5.78 Å². The zero-order chi connectivity index (χ0) is 22.7. The first-order chi connectivity index (χ1) is 15.4. The molecule has 174 valence electrons. The zero-order valence-electron chi connectivity index (χ0n) is 19.6. The van der Waals surface area contributed by atoms with Crippen molar-refractivity contribution in [2.75, 3.05) is 45.8 Å². The molecule has 0 N–H and O–H groups in total. The molecular weight excluding hydrogens is 402 g/mol. The van der Waals surface area contributed by atoms with Crippen LogP contribution in [0.1, 0.15) is 55.5 Å². The second kappa shape index (κ2) is 10.2. The van der Waals surface area contributed by atoms with E-state index >= 15 is 0 Å². The zero-order valence-corrected chi connectivity index (χ0v) is 19.6. The van der Waals surface area contributed by atoms with Crippen LogP contribution in [0.2, 0.25) is 0 Å². The van der Waals surface area contributed by atoms with Gasteiger partial charge in [-0.1, -0.05) is 38.1 Å². The highest BCUT2D eigenvalue weighted by Crippen LogP contribution is 2.31. The van der Waals surface area contributed by atoms with Crippen molar-refractivity contribution in [3.63, 3.8) is 0 Å². The van der Waals surface area contributed by atoms with Crippen molar-refractivity contribution in [1.29, 1.82) is 0 Å². The van der Waals surface area contributed by atoms with E-state index in [1.807, 2.05) is 21.9 Å². The van der Waals surface area contributed by atoms with E-state index in [1.54, 1.807) is 0 Å². The molecule has 2 aliphatic heterocycles. The van der Waals surface area contributed by atoms with Crippen molar-refractivity contribution < 1.29 is 14.4 Å². The number of carbonyl (C=O) groups is 3. The predicted octanol–water partition coefficient (Wildman–Crippen LogP) is 2.86. The van der Waals surface area contributed by atoms with Crippen molar-refractivity contribution in [3.8, 4) is 0 Å². The summed E-state index contributed by atoms with van der Waals surface area (Å²) in [5.74, 6) is 1.57. The van der Waals surface area contributed by atoms with E-state index in [0.717, 1.165) is 50.8 Å². The quantitative estimate of drug-likeness (QED) is 0.613. The summed E-state index contributed by atoms with van der Waals surface area (Å²) in [7, 11) is 0. The normalized spacial score (nSPS) is 20.6. The van der Waals surface area contributed by atoms with Crippen LogP contribution in [0.5, 0.6) is 0 Å². The highest BCUT2D eigenvalue weighted by Gasteiger charge is 2.35. The number of ketones is 1. The number of Topliss-reactive ketones (excluding diaryl/α,β-unsaturated/α-hetero) is 1. The van der Waals surface area contributed by atoms with Gasteiger partial charge < -0.3 is 9.80 Å². The number of rotatable bonds is 7. The van der Waals surface area contributed by atoms with Crippen molar-refractivity contribution in [2.24, 2.45) is 17.8 Å². The fourth-order valence-corrected chi connectivity index (χ4v) is 4.92. The number of amides is 2. The summed E-state index contributed by atoms with van der Waals surface area (Å²) in [6.45, 7) is 8.99. The summed E-state index contributed by atoms with van der Waals surface area (Å²) in [5.41, 5.74) is 2.09. The third-order valence-corrected chi connectivity index (χ3v) is 7.07. The van der Waals surface area contributed by atoms with Gasteiger partial charge >= 0.3 is 0 Å². The Kier molecular flexibility index (Phi) is 7.29. The van der Waals surface area contributed by atoms with E-state index < -0.39 is 0 Å². The van der Waals surface area contributed by atoms with E-state index in [4.69, 9.17) is 0 Å².